The molecule has 0 saturated carbocycles. The van der Waals surface area contributed by atoms with Crippen molar-refractivity contribution < 1.29 is 18.1 Å². The van der Waals surface area contributed by atoms with Gasteiger partial charge in [-0.25, -0.2) is 8.78 Å². The van der Waals surface area contributed by atoms with Gasteiger partial charge in [-0.3, -0.25) is 0 Å². The third kappa shape index (κ3) is 4.06. The molecule has 0 spiro atoms. The second-order valence-corrected chi connectivity index (χ2v) is 7.23. The highest BCUT2D eigenvalue weighted by atomic mass is 32.2. The number of rotatable bonds is 4. The van der Waals surface area contributed by atoms with Crippen LogP contribution in [0.25, 0.3) is 0 Å². The van der Waals surface area contributed by atoms with Gasteiger partial charge in [0, 0.05) is 23.0 Å². The number of halogens is 2. The highest BCUT2D eigenvalue weighted by molar-refractivity contribution is 7.90. The van der Waals surface area contributed by atoms with Gasteiger partial charge in [0.05, 0.1) is 13.2 Å². The van der Waals surface area contributed by atoms with Gasteiger partial charge >= 0.3 is 0 Å². The summed E-state index contributed by atoms with van der Waals surface area (Å²) in [6.45, 7) is 7.12. The molecule has 0 aliphatic rings. The second kappa shape index (κ2) is 6.07. The van der Waals surface area contributed by atoms with Gasteiger partial charge < -0.3 is 9.29 Å². The average molecular weight is 291 g/mol. The van der Waals surface area contributed by atoms with Crippen LogP contribution < -0.4 is 9.46 Å². The van der Waals surface area contributed by atoms with E-state index in [1.165, 1.54) is 13.2 Å². The molecule has 1 rings (SSSR count). The smallest absolute Gasteiger partial charge is 0.168 e. The van der Waals surface area contributed by atoms with E-state index in [0.29, 0.717) is 5.56 Å². The van der Waals surface area contributed by atoms with Crippen LogP contribution in [0.5, 0.6) is 5.75 Å². The standard InChI is InChI=1S/C13H19F2NO2S/c1-8(16-19(17)13(2,3)4)10-6-9(14)7-11(15)12(10)18-5/h6-8,16H,1-5H3/t8-,19-/m0/s1. The Morgan fingerprint density at radius 3 is 2.37 bits per heavy atom. The Hall–Kier alpha value is -0.850. The molecule has 0 aliphatic carbocycles. The van der Waals surface area contributed by atoms with E-state index >= 15 is 0 Å². The van der Waals surface area contributed by atoms with Gasteiger partial charge in [-0.1, -0.05) is 0 Å². The highest BCUT2D eigenvalue weighted by Gasteiger charge is 2.29. The van der Waals surface area contributed by atoms with E-state index in [4.69, 9.17) is 4.74 Å². The Labute approximate surface area is 115 Å². The quantitative estimate of drug-likeness (QED) is 0.867. The van der Waals surface area contributed by atoms with E-state index < -0.39 is 33.8 Å². The van der Waals surface area contributed by atoms with Crippen molar-refractivity contribution in [1.29, 1.82) is 0 Å². The molecule has 2 atom stereocenters. The third-order valence-electron chi connectivity index (χ3n) is 2.55. The summed E-state index contributed by atoms with van der Waals surface area (Å²) in [5, 5.41) is 0. The molecule has 0 bridgehead atoms. The fourth-order valence-electron chi connectivity index (χ4n) is 1.52. The lowest BCUT2D eigenvalue weighted by molar-refractivity contribution is 0.374. The van der Waals surface area contributed by atoms with Crippen LogP contribution in [-0.4, -0.2) is 16.4 Å². The van der Waals surface area contributed by atoms with Crippen molar-refractivity contribution in [3.8, 4) is 5.75 Å². The van der Waals surface area contributed by atoms with Crippen LogP contribution in [0.4, 0.5) is 8.78 Å². The summed E-state index contributed by atoms with van der Waals surface area (Å²) in [6.07, 6.45) is 0. The summed E-state index contributed by atoms with van der Waals surface area (Å²) in [6, 6.07) is 1.44. The highest BCUT2D eigenvalue weighted by Crippen LogP contribution is 2.30. The van der Waals surface area contributed by atoms with Gasteiger partial charge in [0.25, 0.3) is 0 Å². The molecule has 6 heteroatoms. The molecule has 0 aromatic heterocycles. The molecule has 3 nitrogen and oxygen atoms in total. The van der Waals surface area contributed by atoms with Crippen molar-refractivity contribution in [2.24, 2.45) is 0 Å². The predicted octanol–water partition coefficient (Wildman–Crippen LogP) is 3.09. The fourth-order valence-corrected chi connectivity index (χ4v) is 2.32. The molecule has 0 fully saturated rings. The van der Waals surface area contributed by atoms with Crippen molar-refractivity contribution in [1.82, 2.24) is 4.72 Å². The molecule has 1 aromatic carbocycles. The van der Waals surface area contributed by atoms with Crippen molar-refractivity contribution in [2.75, 3.05) is 7.11 Å². The Bertz CT molecular complexity index is 449. The molecule has 0 unspecified atom stereocenters. The normalized spacial score (nSPS) is 15.2. The number of hydrogen-bond acceptors (Lipinski definition) is 3. The minimum Gasteiger partial charge on any atom is -0.598 e. The third-order valence-corrected chi connectivity index (χ3v) is 4.23. The lowest BCUT2D eigenvalue weighted by Crippen LogP contribution is -2.40. The second-order valence-electron chi connectivity index (χ2n) is 5.23. The lowest BCUT2D eigenvalue weighted by Gasteiger charge is -2.27. The maximum absolute atomic E-state index is 13.6. The predicted molar refractivity (Wildman–Crippen MR) is 72.4 cm³/mol. The van der Waals surface area contributed by atoms with Gasteiger partial charge in [-0.05, 0) is 33.8 Å². The zero-order valence-electron chi connectivity index (χ0n) is 11.7. The van der Waals surface area contributed by atoms with E-state index in [0.717, 1.165) is 6.07 Å². The number of benzene rings is 1. The molecule has 1 N–H and O–H groups in total. The SMILES string of the molecule is COc1c(F)cc(F)cc1[C@H](C)N[S@@+]([O-])C(C)(C)C. The monoisotopic (exact) mass is 291 g/mol. The van der Waals surface area contributed by atoms with Crippen LogP contribution in [0, 0.1) is 11.6 Å². The molecule has 0 radical (unpaired) electrons. The first-order valence-electron chi connectivity index (χ1n) is 5.87. The van der Waals surface area contributed by atoms with Crippen LogP contribution in [0.2, 0.25) is 0 Å². The summed E-state index contributed by atoms with van der Waals surface area (Å²) in [7, 11) is 1.31. The zero-order chi connectivity index (χ0) is 14.8. The van der Waals surface area contributed by atoms with Gasteiger partial charge in [-0.2, -0.15) is 0 Å². The number of ether oxygens (including phenoxy) is 1. The maximum atomic E-state index is 13.6. The zero-order valence-corrected chi connectivity index (χ0v) is 12.5. The lowest BCUT2D eigenvalue weighted by atomic mass is 10.1. The average Bonchev–Trinajstić information content (AvgIpc) is 2.26. The Balaban J connectivity index is 3.02. The van der Waals surface area contributed by atoms with Gasteiger partial charge in [-0.15, -0.1) is 4.72 Å². The Morgan fingerprint density at radius 1 is 1.32 bits per heavy atom. The summed E-state index contributed by atoms with van der Waals surface area (Å²) in [5.41, 5.74) is 0.303. The first-order chi connectivity index (χ1) is 8.66. The topological polar surface area (TPSA) is 44.3 Å². The Morgan fingerprint density at radius 2 is 1.89 bits per heavy atom. The summed E-state index contributed by atoms with van der Waals surface area (Å²) < 4.78 is 46.1. The van der Waals surface area contributed by atoms with Crippen molar-refractivity contribution in [3.63, 3.8) is 0 Å². The summed E-state index contributed by atoms with van der Waals surface area (Å²) in [4.78, 5) is 0. The molecule has 0 heterocycles. The molecule has 0 saturated heterocycles. The van der Waals surface area contributed by atoms with E-state index in [9.17, 15) is 13.3 Å². The first-order valence-corrected chi connectivity index (χ1v) is 7.02. The molecule has 19 heavy (non-hydrogen) atoms. The first kappa shape index (κ1) is 16.2. The minimum atomic E-state index is -1.34. The van der Waals surface area contributed by atoms with Crippen LogP contribution in [0.3, 0.4) is 0 Å². The number of nitrogens with one attached hydrogen (secondary N) is 1. The van der Waals surface area contributed by atoms with Gasteiger partial charge in [0.2, 0.25) is 0 Å². The van der Waals surface area contributed by atoms with Crippen LogP contribution in [-0.2, 0) is 11.4 Å². The summed E-state index contributed by atoms with van der Waals surface area (Å²) >= 11 is -1.34. The number of methoxy groups -OCH3 is 1. The molecule has 108 valence electrons. The van der Waals surface area contributed by atoms with Crippen LogP contribution >= 0.6 is 0 Å². The van der Waals surface area contributed by atoms with E-state index in [2.05, 4.69) is 4.72 Å². The van der Waals surface area contributed by atoms with Crippen molar-refractivity contribution in [2.45, 2.75) is 38.5 Å². The number of hydrogen-bond donors (Lipinski definition) is 1. The van der Waals surface area contributed by atoms with E-state index in [-0.39, 0.29) is 5.75 Å². The van der Waals surface area contributed by atoms with Crippen LogP contribution in [0.15, 0.2) is 12.1 Å². The van der Waals surface area contributed by atoms with Crippen molar-refractivity contribution >= 4 is 11.4 Å². The largest absolute Gasteiger partial charge is 0.598 e. The molecular formula is C13H19F2NO2S. The van der Waals surface area contributed by atoms with E-state index in [1.54, 1.807) is 6.92 Å². The maximum Gasteiger partial charge on any atom is 0.168 e. The molecular weight excluding hydrogens is 272 g/mol. The van der Waals surface area contributed by atoms with E-state index in [1.807, 2.05) is 20.8 Å². The van der Waals surface area contributed by atoms with Gasteiger partial charge in [0.1, 0.15) is 10.6 Å². The summed E-state index contributed by atoms with van der Waals surface area (Å²) in [5.74, 6) is -1.50. The minimum absolute atomic E-state index is 0.0349. The molecule has 1 aromatic rings. The van der Waals surface area contributed by atoms with Gasteiger partial charge in [0.15, 0.2) is 11.6 Å². The molecule has 0 aliphatic heterocycles. The molecule has 0 amide bonds. The van der Waals surface area contributed by atoms with Crippen LogP contribution in [0.1, 0.15) is 39.3 Å². The van der Waals surface area contributed by atoms with Crippen molar-refractivity contribution in [3.05, 3.63) is 29.3 Å². The fraction of sp³-hybridized carbons (Fsp3) is 0.538. The Kier molecular flexibility index (Phi) is 5.18.